The number of rotatable bonds is 6. The largest absolute Gasteiger partial charge is 0.324 e. The topological polar surface area (TPSA) is 66.5 Å². The van der Waals surface area contributed by atoms with E-state index in [2.05, 4.69) is 5.32 Å². The average Bonchev–Trinajstić information content (AvgIpc) is 2.88. The molecule has 1 aliphatic rings. The minimum Gasteiger partial charge on any atom is -0.324 e. The Kier molecular flexibility index (Phi) is 5.19. The molecule has 5 nitrogen and oxygen atoms in total. The van der Waals surface area contributed by atoms with Crippen molar-refractivity contribution in [2.45, 2.75) is 12.5 Å². The summed E-state index contributed by atoms with van der Waals surface area (Å²) in [5.41, 5.74) is 1.35. The normalized spacial score (nSPS) is 14.4. The summed E-state index contributed by atoms with van der Waals surface area (Å²) in [6, 6.07) is 14.9. The first-order valence-corrected chi connectivity index (χ1v) is 9.34. The van der Waals surface area contributed by atoms with Crippen molar-refractivity contribution in [1.29, 1.82) is 0 Å². The Balaban J connectivity index is 1.87. The van der Waals surface area contributed by atoms with Crippen LogP contribution in [-0.4, -0.2) is 40.7 Å². The summed E-state index contributed by atoms with van der Waals surface area (Å²) in [5, 5.41) is 2.80. The monoisotopic (exact) mass is 354 g/mol. The van der Waals surface area contributed by atoms with Gasteiger partial charge in [-0.15, -0.1) is 0 Å². The van der Waals surface area contributed by atoms with Crippen LogP contribution in [0.1, 0.15) is 27.1 Å². The lowest BCUT2D eigenvalue weighted by Crippen LogP contribution is -2.47. The van der Waals surface area contributed by atoms with Crippen LogP contribution < -0.4 is 5.32 Å². The van der Waals surface area contributed by atoms with Gasteiger partial charge in [-0.05, 0) is 42.7 Å². The predicted molar refractivity (Wildman–Crippen MR) is 98.8 cm³/mol. The fourth-order valence-corrected chi connectivity index (χ4v) is 3.30. The smallest absolute Gasteiger partial charge is 0.262 e. The molecule has 1 unspecified atom stereocenters. The van der Waals surface area contributed by atoms with Crippen molar-refractivity contribution < 1.29 is 14.4 Å². The van der Waals surface area contributed by atoms with E-state index in [1.54, 1.807) is 48.2 Å². The van der Waals surface area contributed by atoms with Gasteiger partial charge in [0.1, 0.15) is 6.04 Å². The van der Waals surface area contributed by atoms with Crippen LogP contribution >= 0.6 is 11.8 Å². The van der Waals surface area contributed by atoms with Gasteiger partial charge >= 0.3 is 0 Å². The molecule has 3 amide bonds. The molecule has 1 aliphatic heterocycles. The van der Waals surface area contributed by atoms with Crippen LogP contribution in [-0.2, 0) is 4.79 Å². The summed E-state index contributed by atoms with van der Waals surface area (Å²) in [7, 11) is 0. The van der Waals surface area contributed by atoms with Crippen molar-refractivity contribution in [2.75, 3.05) is 17.3 Å². The maximum atomic E-state index is 12.8. The zero-order valence-corrected chi connectivity index (χ0v) is 14.6. The molecular formula is C19H18N2O3S. The van der Waals surface area contributed by atoms with Crippen molar-refractivity contribution in [1.82, 2.24) is 4.90 Å². The lowest BCUT2D eigenvalue weighted by Gasteiger charge is -2.25. The minimum absolute atomic E-state index is 0.352. The number of imide groups is 1. The van der Waals surface area contributed by atoms with E-state index in [0.29, 0.717) is 29.0 Å². The first kappa shape index (κ1) is 17.2. The molecule has 25 heavy (non-hydrogen) atoms. The van der Waals surface area contributed by atoms with E-state index >= 15 is 0 Å². The molecule has 6 heteroatoms. The molecule has 0 saturated heterocycles. The second kappa shape index (κ2) is 7.53. The van der Waals surface area contributed by atoms with Crippen molar-refractivity contribution in [3.05, 3.63) is 65.7 Å². The molecule has 3 rings (SSSR count). The van der Waals surface area contributed by atoms with Gasteiger partial charge in [-0.1, -0.05) is 30.3 Å². The summed E-state index contributed by atoms with van der Waals surface area (Å²) in [6.07, 6.45) is 2.33. The highest BCUT2D eigenvalue weighted by molar-refractivity contribution is 7.98. The maximum Gasteiger partial charge on any atom is 0.262 e. The van der Waals surface area contributed by atoms with E-state index < -0.39 is 17.9 Å². The number of amides is 3. The van der Waals surface area contributed by atoms with Gasteiger partial charge in [0.15, 0.2) is 0 Å². The van der Waals surface area contributed by atoms with Crippen LogP contribution in [0.4, 0.5) is 5.69 Å². The highest BCUT2D eigenvalue weighted by Gasteiger charge is 2.42. The molecule has 0 fully saturated rings. The van der Waals surface area contributed by atoms with Crippen LogP contribution in [0.2, 0.25) is 0 Å². The van der Waals surface area contributed by atoms with Crippen molar-refractivity contribution >= 4 is 35.2 Å². The number of fused-ring (bicyclic) bond motifs is 1. The molecule has 2 aromatic carbocycles. The van der Waals surface area contributed by atoms with Gasteiger partial charge in [0.2, 0.25) is 5.91 Å². The van der Waals surface area contributed by atoms with Gasteiger partial charge in [-0.2, -0.15) is 11.8 Å². The zero-order chi connectivity index (χ0) is 17.8. The molecule has 2 aromatic rings. The molecule has 0 bridgehead atoms. The first-order valence-electron chi connectivity index (χ1n) is 7.95. The van der Waals surface area contributed by atoms with Crippen LogP contribution in [0, 0.1) is 0 Å². The third kappa shape index (κ3) is 3.44. The number of para-hydroxylation sites is 1. The SMILES string of the molecule is CSCCC(C(=O)Nc1ccccc1)N1C(=O)c2ccccc2C1=O. The van der Waals surface area contributed by atoms with E-state index in [4.69, 9.17) is 0 Å². The van der Waals surface area contributed by atoms with E-state index in [1.807, 2.05) is 24.5 Å². The fraction of sp³-hybridized carbons (Fsp3) is 0.211. The van der Waals surface area contributed by atoms with Crippen molar-refractivity contribution in [3.63, 3.8) is 0 Å². The molecule has 0 radical (unpaired) electrons. The Labute approximate surface area is 150 Å². The van der Waals surface area contributed by atoms with Gasteiger partial charge in [0.05, 0.1) is 11.1 Å². The molecule has 0 aliphatic carbocycles. The maximum absolute atomic E-state index is 12.8. The molecular weight excluding hydrogens is 336 g/mol. The first-order chi connectivity index (χ1) is 12.1. The van der Waals surface area contributed by atoms with Gasteiger partial charge in [-0.3, -0.25) is 19.3 Å². The molecule has 0 spiro atoms. The average molecular weight is 354 g/mol. The predicted octanol–water partition coefficient (Wildman–Crippen LogP) is 3.04. The zero-order valence-electron chi connectivity index (χ0n) is 13.8. The summed E-state index contributed by atoms with van der Waals surface area (Å²) in [5.74, 6) is -0.500. The molecule has 1 N–H and O–H groups in total. The number of anilines is 1. The highest BCUT2D eigenvalue weighted by atomic mass is 32.2. The Bertz CT molecular complexity index is 772. The molecule has 0 aromatic heterocycles. The summed E-state index contributed by atoms with van der Waals surface area (Å²) < 4.78 is 0. The van der Waals surface area contributed by atoms with E-state index in [9.17, 15) is 14.4 Å². The Hall–Kier alpha value is -2.60. The summed E-state index contributed by atoms with van der Waals surface area (Å²) in [4.78, 5) is 39.3. The van der Waals surface area contributed by atoms with Crippen LogP contribution in [0.5, 0.6) is 0 Å². The third-order valence-electron chi connectivity index (χ3n) is 4.08. The fourth-order valence-electron chi connectivity index (χ4n) is 2.84. The van der Waals surface area contributed by atoms with Crippen molar-refractivity contribution in [3.8, 4) is 0 Å². The van der Waals surface area contributed by atoms with E-state index in [0.717, 1.165) is 4.90 Å². The Morgan fingerprint density at radius 1 is 1.00 bits per heavy atom. The summed E-state index contributed by atoms with van der Waals surface area (Å²) >= 11 is 1.57. The molecule has 1 atom stereocenters. The van der Waals surface area contributed by atoms with Crippen LogP contribution in [0.3, 0.4) is 0 Å². The number of benzene rings is 2. The van der Waals surface area contributed by atoms with Crippen molar-refractivity contribution in [2.24, 2.45) is 0 Å². The van der Waals surface area contributed by atoms with Gasteiger partial charge < -0.3 is 5.32 Å². The van der Waals surface area contributed by atoms with Gasteiger partial charge in [0.25, 0.3) is 11.8 Å². The van der Waals surface area contributed by atoms with Crippen LogP contribution in [0.25, 0.3) is 0 Å². The quantitative estimate of drug-likeness (QED) is 0.810. The number of carbonyl (C=O) groups excluding carboxylic acids is 3. The second-order valence-corrected chi connectivity index (χ2v) is 6.66. The number of nitrogens with zero attached hydrogens (tertiary/aromatic N) is 1. The van der Waals surface area contributed by atoms with Gasteiger partial charge in [0, 0.05) is 5.69 Å². The number of nitrogens with one attached hydrogen (secondary N) is 1. The van der Waals surface area contributed by atoms with E-state index in [-0.39, 0.29) is 5.91 Å². The lowest BCUT2D eigenvalue weighted by atomic mass is 10.1. The highest BCUT2D eigenvalue weighted by Crippen LogP contribution is 2.26. The van der Waals surface area contributed by atoms with E-state index in [1.165, 1.54) is 0 Å². The number of carbonyl (C=O) groups is 3. The number of thioether (sulfide) groups is 1. The standard InChI is InChI=1S/C19H18N2O3S/c1-25-12-11-16(17(22)20-13-7-3-2-4-8-13)21-18(23)14-9-5-6-10-15(14)19(21)24/h2-10,16H,11-12H2,1H3,(H,20,22). The lowest BCUT2D eigenvalue weighted by molar-refractivity contribution is -0.120. The molecule has 0 saturated carbocycles. The minimum atomic E-state index is -0.833. The molecule has 1 heterocycles. The number of hydrogen-bond donors (Lipinski definition) is 1. The third-order valence-corrected chi connectivity index (χ3v) is 4.72. The summed E-state index contributed by atoms with van der Waals surface area (Å²) in [6.45, 7) is 0. The second-order valence-electron chi connectivity index (χ2n) is 5.68. The molecule has 128 valence electrons. The number of hydrogen-bond acceptors (Lipinski definition) is 4. The Morgan fingerprint density at radius 3 is 2.12 bits per heavy atom. The van der Waals surface area contributed by atoms with Gasteiger partial charge in [-0.25, -0.2) is 0 Å². The Morgan fingerprint density at radius 2 is 1.56 bits per heavy atom. The van der Waals surface area contributed by atoms with Crippen LogP contribution in [0.15, 0.2) is 54.6 Å².